The molecule has 0 atom stereocenters. The van der Waals surface area contributed by atoms with Gasteiger partial charge in [0, 0.05) is 19.8 Å². The van der Waals surface area contributed by atoms with Crippen molar-refractivity contribution < 1.29 is 9.59 Å². The largest absolute Gasteiger partial charge is 0.383 e. The molecule has 1 heterocycles. The lowest BCUT2D eigenvalue weighted by Gasteiger charge is -2.22. The van der Waals surface area contributed by atoms with Crippen molar-refractivity contribution in [3.05, 3.63) is 23.9 Å². The van der Waals surface area contributed by atoms with E-state index < -0.39 is 5.41 Å². The van der Waals surface area contributed by atoms with E-state index >= 15 is 0 Å². The van der Waals surface area contributed by atoms with Gasteiger partial charge in [0.05, 0.1) is 11.0 Å². The molecule has 0 saturated heterocycles. The van der Waals surface area contributed by atoms with Crippen LogP contribution in [0.4, 0.5) is 5.82 Å². The number of anilines is 1. The molecule has 6 heteroatoms. The molecule has 1 aromatic rings. The summed E-state index contributed by atoms with van der Waals surface area (Å²) >= 11 is 0. The molecule has 4 N–H and O–H groups in total. The lowest BCUT2D eigenvalue weighted by atomic mass is 9.92. The monoisotopic (exact) mass is 250 g/mol. The van der Waals surface area contributed by atoms with Crippen molar-refractivity contribution in [3.8, 4) is 0 Å². The number of amides is 2. The molecule has 0 unspecified atom stereocenters. The Balaban J connectivity index is 2.68. The minimum Gasteiger partial charge on any atom is -0.383 e. The number of hydrogen-bond donors (Lipinski definition) is 3. The fourth-order valence-electron chi connectivity index (χ4n) is 1.42. The molecule has 0 radical (unpaired) electrons. The van der Waals surface area contributed by atoms with Crippen molar-refractivity contribution in [2.75, 3.05) is 19.3 Å². The van der Waals surface area contributed by atoms with E-state index in [2.05, 4.69) is 15.6 Å². The Morgan fingerprint density at radius 3 is 2.67 bits per heavy atom. The molecule has 1 rings (SSSR count). The van der Waals surface area contributed by atoms with Crippen LogP contribution in [0.2, 0.25) is 0 Å². The van der Waals surface area contributed by atoms with Crippen LogP contribution in [0, 0.1) is 5.41 Å². The van der Waals surface area contributed by atoms with Crippen LogP contribution in [-0.2, 0) is 4.79 Å². The summed E-state index contributed by atoms with van der Waals surface area (Å²) in [6, 6.07) is 3.22. The first-order chi connectivity index (χ1) is 8.38. The fourth-order valence-corrected chi connectivity index (χ4v) is 1.42. The van der Waals surface area contributed by atoms with Crippen LogP contribution in [0.3, 0.4) is 0 Å². The van der Waals surface area contributed by atoms with Gasteiger partial charge in [0.25, 0.3) is 5.91 Å². The van der Waals surface area contributed by atoms with Crippen LogP contribution in [-0.4, -0.2) is 30.4 Å². The van der Waals surface area contributed by atoms with Crippen LogP contribution >= 0.6 is 0 Å². The van der Waals surface area contributed by atoms with E-state index in [0.29, 0.717) is 5.56 Å². The highest BCUT2D eigenvalue weighted by Crippen LogP contribution is 2.14. The Labute approximate surface area is 106 Å². The quantitative estimate of drug-likeness (QED) is 0.709. The minimum atomic E-state index is -0.679. The van der Waals surface area contributed by atoms with E-state index in [1.807, 2.05) is 0 Å². The number of nitrogens with zero attached hydrogens (tertiary/aromatic N) is 1. The predicted molar refractivity (Wildman–Crippen MR) is 68.8 cm³/mol. The number of aromatic nitrogens is 1. The Morgan fingerprint density at radius 2 is 2.11 bits per heavy atom. The zero-order valence-corrected chi connectivity index (χ0v) is 10.8. The maximum Gasteiger partial charge on any atom is 0.255 e. The van der Waals surface area contributed by atoms with Crippen LogP contribution in [0.5, 0.6) is 0 Å². The number of carbonyl (C=O) groups excluding carboxylic acids is 2. The summed E-state index contributed by atoms with van der Waals surface area (Å²) in [5.41, 5.74) is 5.23. The van der Waals surface area contributed by atoms with Crippen LogP contribution in [0.25, 0.3) is 0 Å². The second-order valence-corrected chi connectivity index (χ2v) is 4.58. The van der Waals surface area contributed by atoms with Gasteiger partial charge >= 0.3 is 0 Å². The lowest BCUT2D eigenvalue weighted by molar-refractivity contribution is -0.128. The summed E-state index contributed by atoms with van der Waals surface area (Å²) in [6.07, 6.45) is 1.51. The molecule has 2 amide bonds. The van der Waals surface area contributed by atoms with Crippen molar-refractivity contribution >= 4 is 17.6 Å². The molecule has 1 aromatic heterocycles. The van der Waals surface area contributed by atoms with Gasteiger partial charge in [-0.15, -0.1) is 0 Å². The summed E-state index contributed by atoms with van der Waals surface area (Å²) in [4.78, 5) is 27.2. The van der Waals surface area contributed by atoms with E-state index in [1.54, 1.807) is 33.0 Å². The second-order valence-electron chi connectivity index (χ2n) is 4.58. The highest BCUT2D eigenvalue weighted by Gasteiger charge is 2.27. The topological polar surface area (TPSA) is 97.1 Å². The number of nitrogen functional groups attached to an aromatic ring is 1. The second kappa shape index (κ2) is 5.48. The first-order valence-electron chi connectivity index (χ1n) is 5.59. The van der Waals surface area contributed by atoms with Gasteiger partial charge in [-0.2, -0.15) is 0 Å². The maximum atomic E-state index is 11.9. The van der Waals surface area contributed by atoms with Gasteiger partial charge in [0.2, 0.25) is 5.91 Å². The van der Waals surface area contributed by atoms with Gasteiger partial charge in [0.1, 0.15) is 5.82 Å². The summed E-state index contributed by atoms with van der Waals surface area (Å²) in [5.74, 6) is -0.299. The van der Waals surface area contributed by atoms with Gasteiger partial charge in [-0.1, -0.05) is 0 Å². The minimum absolute atomic E-state index is 0.137. The Kier molecular flexibility index (Phi) is 4.25. The van der Waals surface area contributed by atoms with E-state index in [-0.39, 0.29) is 24.2 Å². The van der Waals surface area contributed by atoms with Crippen molar-refractivity contribution in [2.45, 2.75) is 13.8 Å². The van der Waals surface area contributed by atoms with Crippen molar-refractivity contribution in [1.82, 2.24) is 15.6 Å². The lowest BCUT2D eigenvalue weighted by Crippen LogP contribution is -2.43. The van der Waals surface area contributed by atoms with Gasteiger partial charge in [-0.3, -0.25) is 9.59 Å². The smallest absolute Gasteiger partial charge is 0.255 e. The van der Waals surface area contributed by atoms with Gasteiger partial charge in [0.15, 0.2) is 0 Å². The van der Waals surface area contributed by atoms with Crippen LogP contribution in [0.15, 0.2) is 18.3 Å². The zero-order valence-electron chi connectivity index (χ0n) is 10.8. The normalized spacial score (nSPS) is 10.8. The molecule has 6 nitrogen and oxygen atoms in total. The molecule has 0 fully saturated rings. The molecular weight excluding hydrogens is 232 g/mol. The number of pyridine rings is 1. The predicted octanol–water partition coefficient (Wildman–Crippen LogP) is 0.166. The average molecular weight is 250 g/mol. The highest BCUT2D eigenvalue weighted by atomic mass is 16.2. The van der Waals surface area contributed by atoms with Crippen molar-refractivity contribution in [1.29, 1.82) is 0 Å². The van der Waals surface area contributed by atoms with Gasteiger partial charge in [-0.25, -0.2) is 4.98 Å². The average Bonchev–Trinajstić information content (AvgIpc) is 2.35. The molecule has 0 saturated carbocycles. The molecular formula is C12H18N4O2. The van der Waals surface area contributed by atoms with Gasteiger partial charge < -0.3 is 16.4 Å². The summed E-state index contributed by atoms with van der Waals surface area (Å²) in [7, 11) is 1.56. The number of nitrogens with one attached hydrogen (secondary N) is 2. The zero-order chi connectivity index (χ0) is 13.8. The summed E-state index contributed by atoms with van der Waals surface area (Å²) < 4.78 is 0. The summed E-state index contributed by atoms with van der Waals surface area (Å²) in [5, 5.41) is 5.23. The molecule has 0 aliphatic rings. The molecule has 0 bridgehead atoms. The van der Waals surface area contributed by atoms with E-state index in [9.17, 15) is 9.59 Å². The third-order valence-electron chi connectivity index (χ3n) is 2.62. The standard InChI is InChI=1S/C12H18N4O2/c1-12(2,11(18)14-3)7-16-10(17)8-5-4-6-15-9(8)13/h4-6H,7H2,1-3H3,(H2,13,15)(H,14,18)(H,16,17). The third-order valence-corrected chi connectivity index (χ3v) is 2.62. The molecule has 18 heavy (non-hydrogen) atoms. The van der Waals surface area contributed by atoms with E-state index in [4.69, 9.17) is 5.73 Å². The van der Waals surface area contributed by atoms with Crippen molar-refractivity contribution in [3.63, 3.8) is 0 Å². The molecule has 0 spiro atoms. The first kappa shape index (κ1) is 14.0. The number of nitrogens with two attached hydrogens (primary N) is 1. The van der Waals surface area contributed by atoms with Crippen LogP contribution < -0.4 is 16.4 Å². The molecule has 0 aliphatic carbocycles. The third kappa shape index (κ3) is 3.19. The Bertz CT molecular complexity index is 457. The first-order valence-corrected chi connectivity index (χ1v) is 5.59. The summed E-state index contributed by atoms with van der Waals surface area (Å²) in [6.45, 7) is 3.72. The molecule has 98 valence electrons. The SMILES string of the molecule is CNC(=O)C(C)(C)CNC(=O)c1cccnc1N. The maximum absolute atomic E-state index is 11.9. The van der Waals surface area contributed by atoms with E-state index in [1.165, 1.54) is 6.20 Å². The number of rotatable bonds is 4. The molecule has 0 aliphatic heterocycles. The molecule has 0 aromatic carbocycles. The fraction of sp³-hybridized carbons (Fsp3) is 0.417. The van der Waals surface area contributed by atoms with Crippen LogP contribution in [0.1, 0.15) is 24.2 Å². The highest BCUT2D eigenvalue weighted by molar-refractivity contribution is 5.98. The number of carbonyl (C=O) groups is 2. The number of hydrogen-bond acceptors (Lipinski definition) is 4. The van der Waals surface area contributed by atoms with Crippen molar-refractivity contribution in [2.24, 2.45) is 5.41 Å². The Morgan fingerprint density at radius 1 is 1.44 bits per heavy atom. The Hall–Kier alpha value is -2.11. The van der Waals surface area contributed by atoms with E-state index in [0.717, 1.165) is 0 Å². The van der Waals surface area contributed by atoms with Gasteiger partial charge in [-0.05, 0) is 26.0 Å².